The van der Waals surface area contributed by atoms with E-state index in [1.165, 1.54) is 17.5 Å². The fraction of sp³-hybridized carbons (Fsp3) is 0.400. The van der Waals surface area contributed by atoms with E-state index in [-0.39, 0.29) is 18.1 Å². The predicted octanol–water partition coefficient (Wildman–Crippen LogP) is 4.51. The molecule has 2 aromatic heterocycles. The Morgan fingerprint density at radius 3 is 2.48 bits per heavy atom. The Morgan fingerprint density at radius 2 is 1.73 bits per heavy atom. The Hall–Kier alpha value is -4.23. The zero-order valence-electron chi connectivity index (χ0n) is 25.8. The molecule has 6 rings (SSSR count). The highest BCUT2D eigenvalue weighted by molar-refractivity contribution is 6.04. The van der Waals surface area contributed by atoms with E-state index in [1.807, 2.05) is 43.5 Å². The minimum Gasteiger partial charge on any atom is -0.393 e. The van der Waals surface area contributed by atoms with Gasteiger partial charge in [0.15, 0.2) is 0 Å². The highest BCUT2D eigenvalue weighted by Crippen LogP contribution is 2.34. The highest BCUT2D eigenvalue weighted by atomic mass is 16.3. The molecular formula is C35H41N7O2. The molecular weight excluding hydrogens is 550 g/mol. The number of carbonyl (C=O) groups excluding carboxylic acids is 1. The fourth-order valence-electron chi connectivity index (χ4n) is 6.25. The summed E-state index contributed by atoms with van der Waals surface area (Å²) in [5, 5.41) is 13.8. The van der Waals surface area contributed by atoms with Gasteiger partial charge >= 0.3 is 0 Å². The van der Waals surface area contributed by atoms with Crippen LogP contribution in [-0.4, -0.2) is 74.7 Å². The van der Waals surface area contributed by atoms with Gasteiger partial charge in [0.05, 0.1) is 17.1 Å². The van der Waals surface area contributed by atoms with Gasteiger partial charge in [-0.05, 0) is 87.5 Å². The summed E-state index contributed by atoms with van der Waals surface area (Å²) in [6, 6.07) is 12.0. The van der Waals surface area contributed by atoms with Crippen LogP contribution in [0.15, 0.2) is 48.9 Å². The predicted molar refractivity (Wildman–Crippen MR) is 175 cm³/mol. The first-order valence-electron chi connectivity index (χ1n) is 15.5. The Balaban J connectivity index is 1.20. The zero-order chi connectivity index (χ0) is 30.8. The third kappa shape index (κ3) is 6.48. The van der Waals surface area contributed by atoms with Crippen molar-refractivity contribution in [3.8, 4) is 11.8 Å². The number of aliphatic hydroxyl groups excluding tert-OH is 1. The van der Waals surface area contributed by atoms with E-state index in [9.17, 15) is 9.90 Å². The summed E-state index contributed by atoms with van der Waals surface area (Å²) in [6.45, 7) is 9.34. The minimum absolute atomic E-state index is 0.173. The van der Waals surface area contributed by atoms with Crippen LogP contribution in [0.25, 0.3) is 11.0 Å². The molecule has 9 heteroatoms. The number of amides is 1. The smallest absolute Gasteiger partial charge is 0.255 e. The molecule has 1 saturated heterocycles. The Morgan fingerprint density at radius 1 is 0.977 bits per heavy atom. The third-order valence-corrected chi connectivity index (χ3v) is 9.12. The number of rotatable bonds is 5. The lowest BCUT2D eigenvalue weighted by Gasteiger charge is -2.32. The molecule has 1 aliphatic heterocycles. The van der Waals surface area contributed by atoms with Crippen LogP contribution < -0.4 is 11.1 Å². The number of anilines is 2. The van der Waals surface area contributed by atoms with Gasteiger partial charge in [-0.3, -0.25) is 9.69 Å². The summed E-state index contributed by atoms with van der Waals surface area (Å²) >= 11 is 0. The molecule has 0 spiro atoms. The molecule has 44 heavy (non-hydrogen) atoms. The fourth-order valence-corrected chi connectivity index (χ4v) is 6.25. The minimum atomic E-state index is -0.241. The number of hydrogen-bond acceptors (Lipinski definition) is 7. The van der Waals surface area contributed by atoms with Crippen molar-refractivity contribution in [3.63, 3.8) is 0 Å². The van der Waals surface area contributed by atoms with Crippen LogP contribution in [0.4, 0.5) is 11.5 Å². The van der Waals surface area contributed by atoms with Crippen molar-refractivity contribution in [1.29, 1.82) is 0 Å². The van der Waals surface area contributed by atoms with Gasteiger partial charge in [0.1, 0.15) is 17.8 Å². The van der Waals surface area contributed by atoms with Gasteiger partial charge in [-0.15, -0.1) is 0 Å². The number of piperazine rings is 1. The van der Waals surface area contributed by atoms with Gasteiger partial charge in [-0.1, -0.05) is 24.0 Å². The van der Waals surface area contributed by atoms with Gasteiger partial charge in [-0.25, -0.2) is 9.97 Å². The lowest BCUT2D eigenvalue weighted by Crippen LogP contribution is -2.43. The lowest BCUT2D eigenvalue weighted by molar-refractivity contribution is 0.102. The van der Waals surface area contributed by atoms with Crippen molar-refractivity contribution in [1.82, 2.24) is 24.3 Å². The maximum absolute atomic E-state index is 13.3. The molecule has 1 saturated carbocycles. The maximum atomic E-state index is 13.3. The SMILES string of the molecule is Cc1ccc(C(=O)Nc2ccc(CN3CCN(C)CC3)c(C)c2)cc1C#Cc1cn(C2CCC(O)CC2)c2ncnc(N)c12. The first-order chi connectivity index (χ1) is 21.2. The van der Waals surface area contributed by atoms with Crippen LogP contribution in [0.5, 0.6) is 0 Å². The number of likely N-dealkylation sites (N-methyl/N-ethyl adjacent to an activating group) is 1. The maximum Gasteiger partial charge on any atom is 0.255 e. The van der Waals surface area contributed by atoms with Crippen molar-refractivity contribution in [2.45, 2.75) is 58.2 Å². The van der Waals surface area contributed by atoms with Gasteiger partial charge in [0.25, 0.3) is 5.91 Å². The molecule has 0 unspecified atom stereocenters. The average molecular weight is 592 g/mol. The number of nitrogens with two attached hydrogens (primary N) is 1. The second kappa shape index (κ2) is 12.8. The molecule has 0 radical (unpaired) electrons. The van der Waals surface area contributed by atoms with Crippen LogP contribution in [0, 0.1) is 25.7 Å². The summed E-state index contributed by atoms with van der Waals surface area (Å²) in [6.07, 6.45) is 6.52. The largest absolute Gasteiger partial charge is 0.393 e. The third-order valence-electron chi connectivity index (χ3n) is 9.12. The molecule has 2 aromatic carbocycles. The molecule has 4 N–H and O–H groups in total. The van der Waals surface area contributed by atoms with Crippen LogP contribution >= 0.6 is 0 Å². The zero-order valence-corrected chi connectivity index (χ0v) is 25.8. The van der Waals surface area contributed by atoms with E-state index < -0.39 is 0 Å². The summed E-state index contributed by atoms with van der Waals surface area (Å²) in [5.74, 6) is 6.81. The molecule has 228 valence electrons. The monoisotopic (exact) mass is 591 g/mol. The first kappa shape index (κ1) is 29.8. The number of hydrogen-bond donors (Lipinski definition) is 3. The van der Waals surface area contributed by atoms with Gasteiger partial charge in [0, 0.05) is 61.8 Å². The average Bonchev–Trinajstić information content (AvgIpc) is 3.39. The van der Waals surface area contributed by atoms with Crippen LogP contribution in [-0.2, 0) is 6.54 Å². The molecule has 4 aromatic rings. The topological polar surface area (TPSA) is 113 Å². The highest BCUT2D eigenvalue weighted by Gasteiger charge is 2.24. The van der Waals surface area contributed by atoms with Gasteiger partial charge in [-0.2, -0.15) is 0 Å². The van der Waals surface area contributed by atoms with Crippen molar-refractivity contribution in [2.75, 3.05) is 44.3 Å². The number of fused-ring (bicyclic) bond motifs is 1. The van der Waals surface area contributed by atoms with Crippen molar-refractivity contribution in [2.24, 2.45) is 0 Å². The first-order valence-corrected chi connectivity index (χ1v) is 15.5. The number of aliphatic hydroxyl groups is 1. The quantitative estimate of drug-likeness (QED) is 0.293. The number of nitrogen functional groups attached to an aromatic ring is 1. The molecule has 3 heterocycles. The van der Waals surface area contributed by atoms with Gasteiger partial charge in [0.2, 0.25) is 0 Å². The van der Waals surface area contributed by atoms with Crippen LogP contribution in [0.1, 0.15) is 69.9 Å². The van der Waals surface area contributed by atoms with E-state index in [1.54, 1.807) is 0 Å². The number of aromatic nitrogens is 3. The van der Waals surface area contributed by atoms with E-state index >= 15 is 0 Å². The normalized spacial score (nSPS) is 19.5. The number of nitrogens with one attached hydrogen (secondary N) is 1. The number of aryl methyl sites for hydroxylation is 2. The number of nitrogens with zero attached hydrogens (tertiary/aromatic N) is 5. The molecule has 0 bridgehead atoms. The summed E-state index contributed by atoms with van der Waals surface area (Å²) in [5.41, 5.74) is 13.4. The van der Waals surface area contributed by atoms with Crippen molar-refractivity contribution in [3.05, 3.63) is 82.3 Å². The lowest BCUT2D eigenvalue weighted by atomic mass is 9.93. The van der Waals surface area contributed by atoms with E-state index in [4.69, 9.17) is 5.73 Å². The summed E-state index contributed by atoms with van der Waals surface area (Å²) in [4.78, 5) is 26.9. The van der Waals surface area contributed by atoms with E-state index in [2.05, 4.69) is 61.5 Å². The Labute approximate surface area is 259 Å². The van der Waals surface area contributed by atoms with Crippen molar-refractivity contribution >= 4 is 28.4 Å². The molecule has 1 aliphatic carbocycles. The molecule has 2 aliphatic rings. The van der Waals surface area contributed by atoms with Crippen LogP contribution in [0.2, 0.25) is 0 Å². The second-order valence-corrected chi connectivity index (χ2v) is 12.3. The van der Waals surface area contributed by atoms with E-state index in [0.717, 1.165) is 91.8 Å². The number of benzene rings is 2. The molecule has 9 nitrogen and oxygen atoms in total. The second-order valence-electron chi connectivity index (χ2n) is 12.3. The van der Waals surface area contributed by atoms with Gasteiger partial charge < -0.3 is 25.6 Å². The Kier molecular flexibility index (Phi) is 8.67. The standard InChI is InChI=1S/C35H41N7O2/c1-23-4-5-26(35(44)39-29-9-8-27(24(2)18-29)20-41-16-14-40(3)15-17-41)19-25(23)6-7-28-21-42(30-10-12-31(43)13-11-30)34-32(28)33(36)37-22-38-34/h4-5,8-9,18-19,21-22,30-31,43H,10-17,20H2,1-3H3,(H,39,44)(H2,36,37,38). The Bertz CT molecular complexity index is 1740. The van der Waals surface area contributed by atoms with E-state index in [0.29, 0.717) is 11.4 Å². The molecule has 2 fully saturated rings. The molecule has 1 amide bonds. The summed E-state index contributed by atoms with van der Waals surface area (Å²) in [7, 11) is 2.17. The number of carbonyl (C=O) groups is 1. The van der Waals surface area contributed by atoms with Crippen molar-refractivity contribution < 1.29 is 9.90 Å². The van der Waals surface area contributed by atoms with Crippen LogP contribution in [0.3, 0.4) is 0 Å². The molecule has 0 atom stereocenters. The summed E-state index contributed by atoms with van der Waals surface area (Å²) < 4.78 is 2.14.